The average molecular weight is 450 g/mol. The standard InChI is InChI=1S/C19H28N6O4.CH2O2/c1-13-10-14(29-23-13)16(26)21-18(2)6-9-28-19(17(18)27)4-7-25(8-5-19)11-15-22-20-12-24(15)3;2-1-3/h10,12,17,27H,4-9,11H2,1-3H3,(H,21,26);1H,(H,2,3)/t17-,18+;/m1./s1. The maximum absolute atomic E-state index is 12.6. The maximum atomic E-state index is 12.6. The van der Waals surface area contributed by atoms with Gasteiger partial charge in [0.2, 0.25) is 5.76 Å². The molecule has 1 spiro atoms. The number of piperidine rings is 1. The highest BCUT2D eigenvalue weighted by Crippen LogP contribution is 2.40. The molecule has 12 heteroatoms. The van der Waals surface area contributed by atoms with Crippen LogP contribution in [0.5, 0.6) is 0 Å². The van der Waals surface area contributed by atoms with Gasteiger partial charge in [-0.05, 0) is 33.1 Å². The monoisotopic (exact) mass is 450 g/mol. The zero-order chi connectivity index (χ0) is 23.4. The predicted molar refractivity (Wildman–Crippen MR) is 111 cm³/mol. The molecule has 0 aromatic carbocycles. The van der Waals surface area contributed by atoms with Crippen molar-refractivity contribution in [2.45, 2.75) is 56.9 Å². The molecule has 2 fully saturated rings. The second-order valence-corrected chi connectivity index (χ2v) is 8.51. The number of amides is 1. The van der Waals surface area contributed by atoms with Crippen LogP contribution in [0.1, 0.15) is 48.3 Å². The van der Waals surface area contributed by atoms with Crippen molar-refractivity contribution in [3.63, 3.8) is 0 Å². The first-order valence-corrected chi connectivity index (χ1v) is 10.4. The van der Waals surface area contributed by atoms with Crippen molar-refractivity contribution in [3.05, 3.63) is 29.7 Å². The molecule has 4 rings (SSSR count). The number of carboxylic acid groups (broad SMARTS) is 1. The molecular formula is C20H30N6O6. The number of aryl methyl sites for hydroxylation is 2. The van der Waals surface area contributed by atoms with Gasteiger partial charge in [-0.25, -0.2) is 0 Å². The van der Waals surface area contributed by atoms with E-state index in [2.05, 4.69) is 25.6 Å². The van der Waals surface area contributed by atoms with Gasteiger partial charge >= 0.3 is 0 Å². The Morgan fingerprint density at radius 2 is 2.06 bits per heavy atom. The Hall–Kier alpha value is -2.83. The number of ether oxygens (including phenoxy) is 1. The van der Waals surface area contributed by atoms with Gasteiger partial charge in [-0.1, -0.05) is 5.16 Å². The minimum Gasteiger partial charge on any atom is -0.483 e. The molecule has 4 heterocycles. The number of aliphatic hydroxyl groups excluding tert-OH is 1. The molecule has 2 saturated heterocycles. The average Bonchev–Trinajstić information content (AvgIpc) is 3.37. The smallest absolute Gasteiger partial charge is 0.290 e. The lowest BCUT2D eigenvalue weighted by molar-refractivity contribution is -0.206. The Balaban J connectivity index is 0.000000913. The molecule has 2 atom stereocenters. The molecule has 12 nitrogen and oxygen atoms in total. The van der Waals surface area contributed by atoms with Crippen molar-refractivity contribution in [2.24, 2.45) is 7.05 Å². The minimum atomic E-state index is -0.825. The largest absolute Gasteiger partial charge is 0.483 e. The highest BCUT2D eigenvalue weighted by atomic mass is 16.5. The number of hydrogen-bond donors (Lipinski definition) is 3. The fraction of sp³-hybridized carbons (Fsp3) is 0.650. The summed E-state index contributed by atoms with van der Waals surface area (Å²) < 4.78 is 13.1. The summed E-state index contributed by atoms with van der Waals surface area (Å²) in [5.41, 5.74) is -0.838. The Bertz CT molecular complexity index is 921. The van der Waals surface area contributed by atoms with E-state index < -0.39 is 17.2 Å². The molecule has 0 radical (unpaired) electrons. The number of carbonyl (C=O) groups excluding carboxylic acids is 1. The van der Waals surface area contributed by atoms with Crippen molar-refractivity contribution in [1.29, 1.82) is 0 Å². The van der Waals surface area contributed by atoms with Crippen molar-refractivity contribution in [3.8, 4) is 0 Å². The summed E-state index contributed by atoms with van der Waals surface area (Å²) in [5, 5.41) is 32.9. The van der Waals surface area contributed by atoms with E-state index in [9.17, 15) is 9.90 Å². The number of carbonyl (C=O) groups is 2. The third-order valence-corrected chi connectivity index (χ3v) is 6.24. The van der Waals surface area contributed by atoms with Crippen LogP contribution < -0.4 is 5.32 Å². The van der Waals surface area contributed by atoms with E-state index in [0.29, 0.717) is 38.1 Å². The minimum absolute atomic E-state index is 0.148. The first kappa shape index (κ1) is 23.8. The van der Waals surface area contributed by atoms with Crippen LogP contribution in [-0.4, -0.2) is 84.4 Å². The zero-order valence-electron chi connectivity index (χ0n) is 18.5. The van der Waals surface area contributed by atoms with Gasteiger partial charge in [-0.2, -0.15) is 0 Å². The Morgan fingerprint density at radius 3 is 2.62 bits per heavy atom. The van der Waals surface area contributed by atoms with Crippen molar-refractivity contribution >= 4 is 12.4 Å². The van der Waals surface area contributed by atoms with Crippen molar-refractivity contribution < 1.29 is 29.1 Å². The Morgan fingerprint density at radius 1 is 1.38 bits per heavy atom. The van der Waals surface area contributed by atoms with Gasteiger partial charge in [0.05, 0.1) is 23.4 Å². The normalized spacial score (nSPS) is 25.1. The van der Waals surface area contributed by atoms with Crippen LogP contribution in [0.25, 0.3) is 0 Å². The molecule has 2 aromatic rings. The SMILES string of the molecule is Cc1cc(C(=O)N[C@@]2(C)CCOC3(CCN(Cc4nncn4C)CC3)[C@@H]2O)on1.O=CO. The summed E-state index contributed by atoms with van der Waals surface area (Å²) in [4.78, 5) is 23.2. The van der Waals surface area contributed by atoms with Crippen LogP contribution in [0.4, 0.5) is 0 Å². The molecule has 2 aliphatic heterocycles. The van der Waals surface area contributed by atoms with Crippen LogP contribution in [-0.2, 0) is 23.1 Å². The fourth-order valence-corrected chi connectivity index (χ4v) is 4.34. The summed E-state index contributed by atoms with van der Waals surface area (Å²) in [6.07, 6.45) is 2.75. The van der Waals surface area contributed by atoms with Crippen molar-refractivity contribution in [1.82, 2.24) is 30.1 Å². The number of likely N-dealkylation sites (tertiary alicyclic amines) is 1. The first-order chi connectivity index (χ1) is 15.2. The topological polar surface area (TPSA) is 156 Å². The van der Waals surface area contributed by atoms with Crippen molar-refractivity contribution in [2.75, 3.05) is 19.7 Å². The van der Waals surface area contributed by atoms with E-state index in [1.807, 2.05) is 18.5 Å². The lowest BCUT2D eigenvalue weighted by Gasteiger charge is -2.53. The van der Waals surface area contributed by atoms with Gasteiger partial charge in [0.1, 0.15) is 18.3 Å². The fourth-order valence-electron chi connectivity index (χ4n) is 4.34. The molecule has 2 aliphatic rings. The lowest BCUT2D eigenvalue weighted by Crippen LogP contribution is -2.69. The molecule has 0 aliphatic carbocycles. The molecule has 2 aromatic heterocycles. The second kappa shape index (κ2) is 9.76. The summed E-state index contributed by atoms with van der Waals surface area (Å²) in [5.74, 6) is 0.685. The van der Waals surface area contributed by atoms with E-state index in [1.54, 1.807) is 19.3 Å². The highest BCUT2D eigenvalue weighted by Gasteiger charge is 2.54. The number of hydrogen-bond acceptors (Lipinski definition) is 9. The second-order valence-electron chi connectivity index (χ2n) is 8.51. The van der Waals surface area contributed by atoms with E-state index in [1.165, 1.54) is 0 Å². The molecule has 1 amide bonds. The molecule has 3 N–H and O–H groups in total. The van der Waals surface area contributed by atoms with Gasteiger partial charge < -0.3 is 29.4 Å². The molecule has 0 unspecified atom stereocenters. The van der Waals surface area contributed by atoms with E-state index >= 15 is 0 Å². The van der Waals surface area contributed by atoms with Gasteiger partial charge in [0.15, 0.2) is 0 Å². The lowest BCUT2D eigenvalue weighted by atomic mass is 9.73. The van der Waals surface area contributed by atoms with Gasteiger partial charge in [0, 0.05) is 32.8 Å². The first-order valence-electron chi connectivity index (χ1n) is 10.4. The van der Waals surface area contributed by atoms with Gasteiger partial charge in [-0.3, -0.25) is 14.5 Å². The van der Waals surface area contributed by atoms with Crippen LogP contribution >= 0.6 is 0 Å². The summed E-state index contributed by atoms with van der Waals surface area (Å²) in [6, 6.07) is 1.59. The number of rotatable bonds is 4. The molecule has 0 bridgehead atoms. The zero-order valence-corrected chi connectivity index (χ0v) is 18.5. The summed E-state index contributed by atoms with van der Waals surface area (Å²) in [6.45, 7) is 6.11. The van der Waals surface area contributed by atoms with Crippen LogP contribution in [0.3, 0.4) is 0 Å². The van der Waals surface area contributed by atoms with E-state index in [4.69, 9.17) is 19.2 Å². The number of nitrogens with zero attached hydrogens (tertiary/aromatic N) is 5. The number of aromatic nitrogens is 4. The number of nitrogens with one attached hydrogen (secondary N) is 1. The van der Waals surface area contributed by atoms with E-state index in [-0.39, 0.29) is 18.1 Å². The molecule has 32 heavy (non-hydrogen) atoms. The van der Waals surface area contributed by atoms with Crippen LogP contribution in [0, 0.1) is 6.92 Å². The van der Waals surface area contributed by atoms with Gasteiger partial charge in [0.25, 0.3) is 12.4 Å². The molecule has 176 valence electrons. The number of aliphatic hydroxyl groups is 1. The third kappa shape index (κ3) is 4.97. The van der Waals surface area contributed by atoms with Crippen LogP contribution in [0.15, 0.2) is 16.9 Å². The maximum Gasteiger partial charge on any atom is 0.290 e. The Kier molecular flexibility index (Phi) is 7.26. The predicted octanol–water partition coefficient (Wildman–Crippen LogP) is 0.117. The summed E-state index contributed by atoms with van der Waals surface area (Å²) >= 11 is 0. The van der Waals surface area contributed by atoms with E-state index in [0.717, 1.165) is 18.9 Å². The summed E-state index contributed by atoms with van der Waals surface area (Å²) in [7, 11) is 1.93. The third-order valence-electron chi connectivity index (χ3n) is 6.24. The molecular weight excluding hydrogens is 420 g/mol. The van der Waals surface area contributed by atoms with Crippen LogP contribution in [0.2, 0.25) is 0 Å². The quantitative estimate of drug-likeness (QED) is 0.547. The highest BCUT2D eigenvalue weighted by molar-refractivity contribution is 5.92. The van der Waals surface area contributed by atoms with Gasteiger partial charge in [-0.15, -0.1) is 10.2 Å². The molecule has 0 saturated carbocycles. The Labute approximate surface area is 185 Å².